The van der Waals surface area contributed by atoms with Crippen LogP contribution < -0.4 is 0 Å². The lowest BCUT2D eigenvalue weighted by atomic mass is 9.93. The van der Waals surface area contributed by atoms with E-state index >= 15 is 0 Å². The number of hydrogen-bond acceptors (Lipinski definition) is 1. The van der Waals surface area contributed by atoms with Crippen LogP contribution in [0.4, 0.5) is 0 Å². The van der Waals surface area contributed by atoms with Crippen LogP contribution >= 0.6 is 15.9 Å². The molecule has 0 N–H and O–H groups in total. The Bertz CT molecular complexity index is 361. The molecule has 0 atom stereocenters. The Kier molecular flexibility index (Phi) is 4.84. The summed E-state index contributed by atoms with van der Waals surface area (Å²) in [5, 5.41) is 8.62. The molecule has 0 unspecified atom stereocenters. The molecule has 0 fully saturated rings. The van der Waals surface area contributed by atoms with Crippen LogP contribution in [0.15, 0.2) is 22.7 Å². The molecule has 1 aromatic carbocycles. The van der Waals surface area contributed by atoms with Gasteiger partial charge in [-0.15, -0.1) is 0 Å². The molecule has 1 nitrogen and oxygen atoms in total. The van der Waals surface area contributed by atoms with Gasteiger partial charge in [0.25, 0.3) is 0 Å². The van der Waals surface area contributed by atoms with Crippen LogP contribution in [-0.4, -0.2) is 0 Å². The highest BCUT2D eigenvalue weighted by Gasteiger charge is 2.10. The molecule has 0 aliphatic carbocycles. The van der Waals surface area contributed by atoms with E-state index in [1.807, 2.05) is 0 Å². The second-order valence-corrected chi connectivity index (χ2v) is 4.56. The van der Waals surface area contributed by atoms with Crippen molar-refractivity contribution in [1.82, 2.24) is 0 Å². The van der Waals surface area contributed by atoms with Crippen LogP contribution in [0.25, 0.3) is 0 Å². The van der Waals surface area contributed by atoms with Gasteiger partial charge in [0.2, 0.25) is 0 Å². The summed E-state index contributed by atoms with van der Waals surface area (Å²) in [6.07, 6.45) is 2.81. The molecule has 0 spiro atoms. The fourth-order valence-corrected chi connectivity index (χ4v) is 2.58. The monoisotopic (exact) mass is 265 g/mol. The Morgan fingerprint density at radius 1 is 1.33 bits per heavy atom. The van der Waals surface area contributed by atoms with Gasteiger partial charge in [-0.3, -0.25) is 0 Å². The first-order chi connectivity index (χ1) is 7.22. The van der Waals surface area contributed by atoms with Gasteiger partial charge in [-0.1, -0.05) is 41.9 Å². The predicted molar refractivity (Wildman–Crippen MR) is 66.8 cm³/mol. The number of benzene rings is 1. The number of hydrogen-bond donors (Lipinski definition) is 0. The Balaban J connectivity index is 2.97. The molecule has 0 aliphatic heterocycles. The van der Waals surface area contributed by atoms with Gasteiger partial charge >= 0.3 is 0 Å². The van der Waals surface area contributed by atoms with Crippen molar-refractivity contribution < 1.29 is 0 Å². The molecule has 1 rings (SSSR count). The standard InChI is InChI=1S/C13H16BrN/c1-3-11(4-2)12-6-5-10(7-8-15)9-13(12)14/h5-6,9,11H,3-4,7H2,1-2H3. The molecule has 0 radical (unpaired) electrons. The fraction of sp³-hybridized carbons (Fsp3) is 0.462. The highest BCUT2D eigenvalue weighted by atomic mass is 79.9. The molecular formula is C13H16BrN. The first kappa shape index (κ1) is 12.3. The lowest BCUT2D eigenvalue weighted by Crippen LogP contribution is -1.97. The Hall–Kier alpha value is -0.810. The normalized spacial score (nSPS) is 10.3. The maximum Gasteiger partial charge on any atom is 0.0669 e. The zero-order valence-corrected chi connectivity index (χ0v) is 10.8. The van der Waals surface area contributed by atoms with Crippen LogP contribution in [0.3, 0.4) is 0 Å². The lowest BCUT2D eigenvalue weighted by Gasteiger charge is -2.15. The summed E-state index contributed by atoms with van der Waals surface area (Å²) in [4.78, 5) is 0. The summed E-state index contributed by atoms with van der Waals surface area (Å²) in [5.74, 6) is 0.621. The lowest BCUT2D eigenvalue weighted by molar-refractivity contribution is 0.639. The van der Waals surface area contributed by atoms with Gasteiger partial charge in [0.1, 0.15) is 0 Å². The molecular weight excluding hydrogens is 250 g/mol. The van der Waals surface area contributed by atoms with Crippen molar-refractivity contribution in [2.45, 2.75) is 39.0 Å². The first-order valence-electron chi connectivity index (χ1n) is 5.38. The zero-order chi connectivity index (χ0) is 11.3. The minimum absolute atomic E-state index is 0.488. The van der Waals surface area contributed by atoms with Gasteiger partial charge in [0, 0.05) is 4.47 Å². The van der Waals surface area contributed by atoms with Crippen molar-refractivity contribution in [2.24, 2.45) is 0 Å². The maximum absolute atomic E-state index is 8.62. The van der Waals surface area contributed by atoms with E-state index in [1.54, 1.807) is 0 Å². The van der Waals surface area contributed by atoms with E-state index in [1.165, 1.54) is 5.56 Å². The van der Waals surface area contributed by atoms with E-state index in [0.29, 0.717) is 12.3 Å². The van der Waals surface area contributed by atoms with Gasteiger partial charge in [-0.25, -0.2) is 0 Å². The summed E-state index contributed by atoms with van der Waals surface area (Å²) in [7, 11) is 0. The van der Waals surface area contributed by atoms with Crippen molar-refractivity contribution in [3.05, 3.63) is 33.8 Å². The molecule has 1 aromatic rings. The summed E-state index contributed by atoms with van der Waals surface area (Å²) >= 11 is 3.59. The Morgan fingerprint density at radius 3 is 2.47 bits per heavy atom. The second kappa shape index (κ2) is 5.92. The molecule has 0 amide bonds. The Morgan fingerprint density at radius 2 is 2.00 bits per heavy atom. The molecule has 0 saturated carbocycles. The highest BCUT2D eigenvalue weighted by molar-refractivity contribution is 9.10. The van der Waals surface area contributed by atoms with Crippen LogP contribution in [0.2, 0.25) is 0 Å². The quantitative estimate of drug-likeness (QED) is 0.791. The van der Waals surface area contributed by atoms with E-state index in [0.717, 1.165) is 22.9 Å². The fourth-order valence-electron chi connectivity index (χ4n) is 1.83. The molecule has 15 heavy (non-hydrogen) atoms. The number of nitriles is 1. The summed E-state index contributed by atoms with van der Waals surface area (Å²) < 4.78 is 1.14. The van der Waals surface area contributed by atoms with Gasteiger partial charge < -0.3 is 0 Å². The molecule has 2 heteroatoms. The summed E-state index contributed by atoms with van der Waals surface area (Å²) in [6, 6.07) is 8.44. The van der Waals surface area contributed by atoms with Crippen molar-refractivity contribution in [3.8, 4) is 6.07 Å². The second-order valence-electron chi connectivity index (χ2n) is 3.70. The van der Waals surface area contributed by atoms with Crippen molar-refractivity contribution in [2.75, 3.05) is 0 Å². The van der Waals surface area contributed by atoms with E-state index in [-0.39, 0.29) is 0 Å². The van der Waals surface area contributed by atoms with E-state index < -0.39 is 0 Å². The van der Waals surface area contributed by atoms with E-state index in [9.17, 15) is 0 Å². The third kappa shape index (κ3) is 3.07. The average molecular weight is 266 g/mol. The van der Waals surface area contributed by atoms with Gasteiger partial charge in [0.15, 0.2) is 0 Å². The minimum atomic E-state index is 0.488. The molecule has 0 aromatic heterocycles. The topological polar surface area (TPSA) is 23.8 Å². The number of rotatable bonds is 4. The minimum Gasteiger partial charge on any atom is -0.198 e. The van der Waals surface area contributed by atoms with E-state index in [2.05, 4.69) is 54.0 Å². The zero-order valence-electron chi connectivity index (χ0n) is 9.26. The largest absolute Gasteiger partial charge is 0.198 e. The number of halogens is 1. The van der Waals surface area contributed by atoms with Crippen LogP contribution in [-0.2, 0) is 6.42 Å². The van der Waals surface area contributed by atoms with Crippen LogP contribution in [0.1, 0.15) is 43.7 Å². The van der Waals surface area contributed by atoms with Crippen molar-refractivity contribution in [3.63, 3.8) is 0 Å². The highest BCUT2D eigenvalue weighted by Crippen LogP contribution is 2.30. The van der Waals surface area contributed by atoms with Crippen LogP contribution in [0, 0.1) is 11.3 Å². The van der Waals surface area contributed by atoms with Crippen molar-refractivity contribution in [1.29, 1.82) is 5.26 Å². The third-order valence-corrected chi connectivity index (χ3v) is 3.46. The predicted octanol–water partition coefficient (Wildman–Crippen LogP) is 4.42. The first-order valence-corrected chi connectivity index (χ1v) is 6.17. The van der Waals surface area contributed by atoms with E-state index in [4.69, 9.17) is 5.26 Å². The van der Waals surface area contributed by atoms with Gasteiger partial charge in [-0.05, 0) is 36.0 Å². The summed E-state index contributed by atoms with van der Waals surface area (Å²) in [5.41, 5.74) is 2.45. The molecule has 80 valence electrons. The average Bonchev–Trinajstić information content (AvgIpc) is 2.23. The molecule has 0 saturated heterocycles. The molecule has 0 aliphatic rings. The Labute approximate surface area is 100 Å². The third-order valence-electron chi connectivity index (χ3n) is 2.77. The number of nitrogens with zero attached hydrogens (tertiary/aromatic N) is 1. The SMILES string of the molecule is CCC(CC)c1ccc(CC#N)cc1Br. The van der Waals surface area contributed by atoms with Crippen molar-refractivity contribution >= 4 is 15.9 Å². The van der Waals surface area contributed by atoms with Gasteiger partial charge in [0.05, 0.1) is 12.5 Å². The maximum atomic E-state index is 8.62. The molecule has 0 heterocycles. The molecule has 0 bridgehead atoms. The van der Waals surface area contributed by atoms with Crippen LogP contribution in [0.5, 0.6) is 0 Å². The smallest absolute Gasteiger partial charge is 0.0669 e. The summed E-state index contributed by atoms with van der Waals surface area (Å²) in [6.45, 7) is 4.42. The van der Waals surface area contributed by atoms with Gasteiger partial charge in [-0.2, -0.15) is 5.26 Å².